The van der Waals surface area contributed by atoms with Crippen molar-refractivity contribution in [2.75, 3.05) is 0 Å². The van der Waals surface area contributed by atoms with Gasteiger partial charge in [0, 0.05) is 0 Å². The summed E-state index contributed by atoms with van der Waals surface area (Å²) in [6, 6.07) is 0. The van der Waals surface area contributed by atoms with Crippen molar-refractivity contribution in [2.45, 2.75) is 18.3 Å². The van der Waals surface area contributed by atoms with Crippen LogP contribution in [0.2, 0.25) is 4.44 Å². The van der Waals surface area contributed by atoms with Gasteiger partial charge in [0.2, 0.25) is 0 Å². The van der Waals surface area contributed by atoms with Crippen molar-refractivity contribution in [1.82, 2.24) is 0 Å². The molecule has 0 rings (SSSR count). The van der Waals surface area contributed by atoms with E-state index >= 15 is 0 Å². The number of hydrogen-bond donors (Lipinski definition) is 1. The Labute approximate surface area is 49.9 Å². The minimum atomic E-state index is -0.350. The van der Waals surface area contributed by atoms with Gasteiger partial charge in [-0.2, -0.15) is 0 Å². The van der Waals surface area contributed by atoms with Crippen molar-refractivity contribution >= 4 is 21.4 Å². The fourth-order valence-electron chi connectivity index (χ4n) is 0.236. The van der Waals surface area contributed by atoms with Crippen molar-refractivity contribution in [2.24, 2.45) is 9.87 Å². The van der Waals surface area contributed by atoms with Crippen molar-refractivity contribution in [3.8, 4) is 0 Å². The van der Waals surface area contributed by atoms with Gasteiger partial charge >= 0.3 is 49.6 Å². The van der Waals surface area contributed by atoms with Gasteiger partial charge in [-0.1, -0.05) is 0 Å². The average molecular weight is 192 g/mol. The summed E-state index contributed by atoms with van der Waals surface area (Å²) in [5.74, 6) is 0.849. The first-order chi connectivity index (χ1) is 2.77. The van der Waals surface area contributed by atoms with Crippen LogP contribution in [0.15, 0.2) is 0 Å². The molecule has 0 aromatic carbocycles. The fraction of sp³-hybridized carbons (Fsp3) is 1.00. The first kappa shape index (κ1) is 6.76. The third-order valence-electron chi connectivity index (χ3n) is 0.526. The molecule has 2 heteroatoms. The normalized spacial score (nSPS) is 10.0. The third kappa shape index (κ3) is 4.76. The molecule has 0 amide bonds. The minimum absolute atomic E-state index is 0.350. The van der Waals surface area contributed by atoms with E-state index in [1.54, 1.807) is 0 Å². The zero-order valence-electron chi connectivity index (χ0n) is 4.36. The Balaban J connectivity index is 2.63. The molecule has 6 heavy (non-hydrogen) atoms. The van der Waals surface area contributed by atoms with Crippen molar-refractivity contribution < 1.29 is 0 Å². The Morgan fingerprint density at radius 2 is 2.17 bits per heavy atom. The Hall–Kier alpha value is 0.759. The van der Waals surface area contributed by atoms with E-state index in [9.17, 15) is 0 Å². The molecule has 0 aliphatic rings. The molecule has 0 aliphatic heterocycles. The Morgan fingerprint density at radius 3 is 2.17 bits per heavy atom. The molecule has 0 heterocycles. The van der Waals surface area contributed by atoms with Gasteiger partial charge in [0.15, 0.2) is 0 Å². The van der Waals surface area contributed by atoms with Gasteiger partial charge in [-0.15, -0.1) is 0 Å². The number of hydrogen-bond acceptors (Lipinski definition) is 1. The van der Waals surface area contributed by atoms with E-state index in [0.717, 1.165) is 5.92 Å². The standard InChI is InChI=1S/C4H9.H2N.Sn/c1-4(2)3;;/h4H,1H2,2-3H3;1H2;/q;-1;+1. The van der Waals surface area contributed by atoms with Crippen LogP contribution in [-0.2, 0) is 0 Å². The van der Waals surface area contributed by atoms with Crippen LogP contribution in [0.25, 0.3) is 0 Å². The van der Waals surface area contributed by atoms with E-state index in [0.29, 0.717) is 0 Å². The molecule has 0 aromatic rings. The molecule has 0 aromatic heterocycles. The quantitative estimate of drug-likeness (QED) is 0.638. The molecule has 0 atom stereocenters. The van der Waals surface area contributed by atoms with Crippen LogP contribution in [0.5, 0.6) is 0 Å². The summed E-state index contributed by atoms with van der Waals surface area (Å²) in [5, 5.41) is 0. The zero-order valence-corrected chi connectivity index (χ0v) is 7.22. The summed E-state index contributed by atoms with van der Waals surface area (Å²) in [6.45, 7) is 4.43. The summed E-state index contributed by atoms with van der Waals surface area (Å²) >= 11 is -0.350. The molecule has 0 aliphatic carbocycles. The first-order valence-corrected chi connectivity index (χ1v) is 5.87. The predicted molar refractivity (Wildman–Crippen MR) is 29.6 cm³/mol. The van der Waals surface area contributed by atoms with E-state index in [-0.39, 0.29) is 21.4 Å². The SMILES string of the molecule is CC(C)[CH2][Sn][NH2]. The Morgan fingerprint density at radius 1 is 1.67 bits per heavy atom. The number of rotatable bonds is 2. The maximum atomic E-state index is 5.40. The zero-order chi connectivity index (χ0) is 4.99. The van der Waals surface area contributed by atoms with Gasteiger partial charge in [-0.3, -0.25) is 0 Å². The van der Waals surface area contributed by atoms with Crippen LogP contribution in [0.3, 0.4) is 0 Å². The van der Waals surface area contributed by atoms with Gasteiger partial charge in [0.25, 0.3) is 0 Å². The molecule has 2 radical (unpaired) electrons. The van der Waals surface area contributed by atoms with Gasteiger partial charge in [0.1, 0.15) is 0 Å². The van der Waals surface area contributed by atoms with E-state index in [1.165, 1.54) is 4.44 Å². The van der Waals surface area contributed by atoms with Crippen LogP contribution in [0.1, 0.15) is 13.8 Å². The molecule has 0 bridgehead atoms. The molecule has 0 fully saturated rings. The first-order valence-electron chi connectivity index (χ1n) is 2.21. The average Bonchev–Trinajstić information content (AvgIpc) is 1.35. The molecular formula is C4H11NSn. The summed E-state index contributed by atoms with van der Waals surface area (Å²) in [7, 11) is 0. The van der Waals surface area contributed by atoms with Gasteiger partial charge < -0.3 is 0 Å². The van der Waals surface area contributed by atoms with Crippen molar-refractivity contribution in [3.63, 3.8) is 0 Å². The molecule has 2 N–H and O–H groups in total. The molecule has 0 saturated heterocycles. The van der Waals surface area contributed by atoms with Crippen LogP contribution < -0.4 is 3.96 Å². The van der Waals surface area contributed by atoms with Crippen LogP contribution in [-0.4, -0.2) is 21.4 Å². The summed E-state index contributed by atoms with van der Waals surface area (Å²) < 4.78 is 6.72. The predicted octanol–water partition coefficient (Wildman–Crippen LogP) is 0.639. The molecular weight excluding hydrogens is 181 g/mol. The van der Waals surface area contributed by atoms with Crippen LogP contribution in [0, 0.1) is 5.92 Å². The summed E-state index contributed by atoms with van der Waals surface area (Å²) in [5.41, 5.74) is 0. The van der Waals surface area contributed by atoms with Crippen LogP contribution >= 0.6 is 0 Å². The van der Waals surface area contributed by atoms with E-state index < -0.39 is 0 Å². The van der Waals surface area contributed by atoms with E-state index in [2.05, 4.69) is 13.8 Å². The van der Waals surface area contributed by atoms with Gasteiger partial charge in [-0.25, -0.2) is 0 Å². The van der Waals surface area contributed by atoms with E-state index in [1.807, 2.05) is 0 Å². The second-order valence-corrected chi connectivity index (χ2v) is 4.13. The van der Waals surface area contributed by atoms with Crippen LogP contribution in [0.4, 0.5) is 0 Å². The second kappa shape index (κ2) is 3.93. The summed E-state index contributed by atoms with van der Waals surface area (Å²) in [4.78, 5) is 0. The third-order valence-corrected chi connectivity index (χ3v) is 3.53. The monoisotopic (exact) mass is 193 g/mol. The van der Waals surface area contributed by atoms with Crippen molar-refractivity contribution in [3.05, 3.63) is 0 Å². The van der Waals surface area contributed by atoms with Crippen molar-refractivity contribution in [1.29, 1.82) is 0 Å². The Bertz CT molecular complexity index is 28.7. The molecule has 0 unspecified atom stereocenters. The molecule has 1 nitrogen and oxygen atoms in total. The van der Waals surface area contributed by atoms with Gasteiger partial charge in [0.05, 0.1) is 0 Å². The van der Waals surface area contributed by atoms with E-state index in [4.69, 9.17) is 3.96 Å². The number of nitrogens with two attached hydrogens (primary N) is 1. The molecule has 0 spiro atoms. The summed E-state index contributed by atoms with van der Waals surface area (Å²) in [6.07, 6.45) is 0. The van der Waals surface area contributed by atoms with Gasteiger partial charge in [-0.05, 0) is 0 Å². The fourth-order valence-corrected chi connectivity index (χ4v) is 1.58. The maximum absolute atomic E-state index is 5.40. The second-order valence-electron chi connectivity index (χ2n) is 1.80. The Kier molecular flexibility index (Phi) is 4.43. The molecule has 0 saturated carbocycles. The molecule has 36 valence electrons. The topological polar surface area (TPSA) is 26.0 Å².